The number of aromatic nitrogens is 6. The van der Waals surface area contributed by atoms with Gasteiger partial charge >= 0.3 is 0 Å². The van der Waals surface area contributed by atoms with Crippen LogP contribution in [0.2, 0.25) is 0 Å². The molecule has 0 aliphatic carbocycles. The SMILES string of the molecule is CCN1C(=O)C2(Cc3nccn3-c3ncn4nc(-c5ccccc5)nc4c32)c2ccccc21. The molecule has 160 valence electrons. The quantitative estimate of drug-likeness (QED) is 0.427. The molecule has 1 spiro atoms. The molecule has 5 heterocycles. The monoisotopic (exact) mass is 433 g/mol. The van der Waals surface area contributed by atoms with Crippen molar-refractivity contribution < 1.29 is 4.79 Å². The summed E-state index contributed by atoms with van der Waals surface area (Å²) in [5.41, 5.74) is 3.27. The molecule has 0 fully saturated rings. The molecular weight excluding hydrogens is 414 g/mol. The van der Waals surface area contributed by atoms with Crippen molar-refractivity contribution in [1.82, 2.24) is 29.1 Å². The number of nitrogens with zero attached hydrogens (tertiary/aromatic N) is 7. The standard InChI is InChI=1S/C25H19N7O/c1-2-30-18-11-7-6-10-17(18)25(24(30)33)14-19-26-12-13-31(19)22-20(25)23-28-21(29-32(23)15-27-22)16-8-4-3-5-9-16/h3-13,15H,2,14H2,1H3. The van der Waals surface area contributed by atoms with E-state index in [1.54, 1.807) is 17.0 Å². The lowest BCUT2D eigenvalue weighted by molar-refractivity contribution is -0.121. The molecule has 0 saturated carbocycles. The van der Waals surface area contributed by atoms with Crippen molar-refractivity contribution in [3.63, 3.8) is 0 Å². The van der Waals surface area contributed by atoms with E-state index in [1.165, 1.54) is 0 Å². The zero-order valence-corrected chi connectivity index (χ0v) is 17.9. The highest BCUT2D eigenvalue weighted by atomic mass is 16.2. The van der Waals surface area contributed by atoms with Gasteiger partial charge in [-0.3, -0.25) is 9.36 Å². The van der Waals surface area contributed by atoms with E-state index in [9.17, 15) is 4.79 Å². The zero-order chi connectivity index (χ0) is 22.2. The van der Waals surface area contributed by atoms with Crippen LogP contribution in [0.1, 0.15) is 23.9 Å². The van der Waals surface area contributed by atoms with Gasteiger partial charge in [-0.1, -0.05) is 48.5 Å². The van der Waals surface area contributed by atoms with Crippen molar-refractivity contribution in [2.24, 2.45) is 0 Å². The first-order valence-electron chi connectivity index (χ1n) is 11.0. The largest absolute Gasteiger partial charge is 0.311 e. The Labute approximate surface area is 189 Å². The lowest BCUT2D eigenvalue weighted by Gasteiger charge is -2.34. The molecule has 0 bridgehead atoms. The molecule has 0 N–H and O–H groups in total. The van der Waals surface area contributed by atoms with E-state index in [2.05, 4.69) is 4.98 Å². The fourth-order valence-corrected chi connectivity index (χ4v) is 5.36. The van der Waals surface area contributed by atoms with Gasteiger partial charge in [0.15, 0.2) is 11.5 Å². The molecule has 2 aromatic carbocycles. The summed E-state index contributed by atoms with van der Waals surface area (Å²) >= 11 is 0. The Bertz CT molecular complexity index is 1570. The average molecular weight is 433 g/mol. The van der Waals surface area contributed by atoms with Crippen molar-refractivity contribution in [2.75, 3.05) is 11.4 Å². The summed E-state index contributed by atoms with van der Waals surface area (Å²) in [6.45, 7) is 2.58. The number of carbonyl (C=O) groups excluding carboxylic acids is 1. The van der Waals surface area contributed by atoms with Crippen LogP contribution < -0.4 is 4.90 Å². The van der Waals surface area contributed by atoms with Crippen molar-refractivity contribution in [1.29, 1.82) is 0 Å². The second-order valence-corrected chi connectivity index (χ2v) is 8.37. The van der Waals surface area contributed by atoms with Crippen molar-refractivity contribution in [3.05, 3.63) is 90.3 Å². The Morgan fingerprint density at radius 2 is 1.85 bits per heavy atom. The molecule has 33 heavy (non-hydrogen) atoms. The summed E-state index contributed by atoms with van der Waals surface area (Å²) < 4.78 is 3.65. The van der Waals surface area contributed by atoms with Crippen LogP contribution in [0.25, 0.3) is 22.9 Å². The number of hydrogen-bond acceptors (Lipinski definition) is 5. The Morgan fingerprint density at radius 3 is 2.70 bits per heavy atom. The first-order valence-corrected chi connectivity index (χ1v) is 11.0. The lowest BCUT2D eigenvalue weighted by Crippen LogP contribution is -2.46. The van der Waals surface area contributed by atoms with E-state index in [0.717, 1.165) is 28.2 Å². The second kappa shape index (κ2) is 6.35. The number of amides is 1. The van der Waals surface area contributed by atoms with Crippen LogP contribution >= 0.6 is 0 Å². The highest BCUT2D eigenvalue weighted by Gasteiger charge is 2.57. The summed E-state index contributed by atoms with van der Waals surface area (Å²) in [5.74, 6) is 2.11. The predicted octanol–water partition coefficient (Wildman–Crippen LogP) is 3.19. The number of likely N-dealkylation sites (N-methyl/N-ethyl adjacent to an activating group) is 1. The minimum atomic E-state index is -0.959. The van der Waals surface area contributed by atoms with Crippen LogP contribution in [0.4, 0.5) is 5.69 Å². The molecule has 7 rings (SSSR count). The van der Waals surface area contributed by atoms with E-state index in [0.29, 0.717) is 30.3 Å². The summed E-state index contributed by atoms with van der Waals surface area (Å²) in [4.78, 5) is 30.3. The van der Waals surface area contributed by atoms with E-state index >= 15 is 0 Å². The maximum Gasteiger partial charge on any atom is 0.242 e. The third-order valence-corrected chi connectivity index (χ3v) is 6.78. The lowest BCUT2D eigenvalue weighted by atomic mass is 9.71. The summed E-state index contributed by atoms with van der Waals surface area (Å²) in [7, 11) is 0. The third kappa shape index (κ3) is 2.22. The number of rotatable bonds is 2. The van der Waals surface area contributed by atoms with Gasteiger partial charge < -0.3 is 4.90 Å². The smallest absolute Gasteiger partial charge is 0.242 e. The molecule has 1 atom stereocenters. The molecule has 1 unspecified atom stereocenters. The second-order valence-electron chi connectivity index (χ2n) is 8.37. The van der Waals surface area contributed by atoms with Gasteiger partial charge in [0.2, 0.25) is 5.91 Å². The summed E-state index contributed by atoms with van der Waals surface area (Å²) in [6, 6.07) is 17.9. The maximum absolute atomic E-state index is 14.2. The van der Waals surface area contributed by atoms with Crippen LogP contribution in [0, 0.1) is 0 Å². The van der Waals surface area contributed by atoms with Gasteiger partial charge in [0.05, 0.1) is 5.56 Å². The van der Waals surface area contributed by atoms with Crippen LogP contribution in [-0.2, 0) is 16.6 Å². The first-order chi connectivity index (χ1) is 16.2. The normalized spacial score (nSPS) is 18.6. The number of benzene rings is 2. The number of fused-ring (bicyclic) bond motifs is 8. The zero-order valence-electron chi connectivity index (χ0n) is 17.9. The highest BCUT2D eigenvalue weighted by molar-refractivity contribution is 6.12. The Balaban J connectivity index is 1.60. The molecule has 0 saturated heterocycles. The summed E-state index contributed by atoms with van der Waals surface area (Å²) in [6.07, 6.45) is 5.75. The van der Waals surface area contributed by atoms with Crippen LogP contribution in [0.15, 0.2) is 73.3 Å². The van der Waals surface area contributed by atoms with E-state index in [-0.39, 0.29) is 5.91 Å². The van der Waals surface area contributed by atoms with Gasteiger partial charge in [0, 0.05) is 36.6 Å². The van der Waals surface area contributed by atoms with Crippen LogP contribution in [0.3, 0.4) is 0 Å². The molecule has 0 radical (unpaired) electrons. The first kappa shape index (κ1) is 18.3. The van der Waals surface area contributed by atoms with Crippen LogP contribution in [-0.4, -0.2) is 41.6 Å². The van der Waals surface area contributed by atoms with Gasteiger partial charge in [-0.25, -0.2) is 19.5 Å². The summed E-state index contributed by atoms with van der Waals surface area (Å²) in [5, 5.41) is 4.70. The number of anilines is 1. The number of hydrogen-bond donors (Lipinski definition) is 0. The van der Waals surface area contributed by atoms with Crippen molar-refractivity contribution in [2.45, 2.75) is 18.8 Å². The van der Waals surface area contributed by atoms with E-state index < -0.39 is 5.41 Å². The fraction of sp³-hybridized carbons (Fsp3) is 0.160. The molecular formula is C25H19N7O. The van der Waals surface area contributed by atoms with Crippen molar-refractivity contribution in [3.8, 4) is 17.2 Å². The molecule has 8 heteroatoms. The third-order valence-electron chi connectivity index (χ3n) is 6.78. The minimum Gasteiger partial charge on any atom is -0.311 e. The van der Waals surface area contributed by atoms with Gasteiger partial charge in [-0.15, -0.1) is 5.10 Å². The van der Waals surface area contributed by atoms with Gasteiger partial charge in [0.25, 0.3) is 0 Å². The highest BCUT2D eigenvalue weighted by Crippen LogP contribution is 2.52. The van der Waals surface area contributed by atoms with Crippen LogP contribution in [0.5, 0.6) is 0 Å². The molecule has 2 aliphatic heterocycles. The topological polar surface area (TPSA) is 81.2 Å². The molecule has 1 amide bonds. The van der Waals surface area contributed by atoms with E-state index in [1.807, 2.05) is 77.2 Å². The average Bonchev–Trinajstić information content (AvgIpc) is 3.56. The Kier molecular flexibility index (Phi) is 3.51. The number of carbonyl (C=O) groups is 1. The molecule has 8 nitrogen and oxygen atoms in total. The predicted molar refractivity (Wildman–Crippen MR) is 122 cm³/mol. The van der Waals surface area contributed by atoms with Gasteiger partial charge in [0.1, 0.15) is 23.4 Å². The number of para-hydroxylation sites is 1. The molecule has 2 aliphatic rings. The maximum atomic E-state index is 14.2. The minimum absolute atomic E-state index is 0.0286. The molecule has 3 aromatic heterocycles. The number of imidazole rings is 1. The van der Waals surface area contributed by atoms with E-state index in [4.69, 9.17) is 15.1 Å². The Hall–Kier alpha value is -4.33. The fourth-order valence-electron chi connectivity index (χ4n) is 5.36. The van der Waals surface area contributed by atoms with Gasteiger partial charge in [-0.2, -0.15) is 0 Å². The Morgan fingerprint density at radius 1 is 1.03 bits per heavy atom. The van der Waals surface area contributed by atoms with Crippen molar-refractivity contribution >= 4 is 17.2 Å². The molecule has 5 aromatic rings. The van der Waals surface area contributed by atoms with Gasteiger partial charge in [-0.05, 0) is 18.6 Å².